The lowest BCUT2D eigenvalue weighted by atomic mass is 9.93. The van der Waals surface area contributed by atoms with E-state index in [2.05, 4.69) is 12.2 Å². The van der Waals surface area contributed by atoms with Gasteiger partial charge in [0.2, 0.25) is 5.91 Å². The Balaban J connectivity index is 0.00000106. The van der Waals surface area contributed by atoms with Crippen LogP contribution in [0.5, 0.6) is 0 Å². The standard InChI is InChI=1S/C10H17N3O.C2H6/c1-8-4-6-13(7-9(8)12-2)10(14)3-5-11;1-2/h8-9,12H,3-4,6-7H2,1-2H3;1-2H3. The molecular weight excluding hydrogens is 202 g/mol. The molecule has 1 rings (SSSR count). The highest BCUT2D eigenvalue weighted by Crippen LogP contribution is 2.17. The lowest BCUT2D eigenvalue weighted by Gasteiger charge is -2.36. The Hall–Kier alpha value is -1.08. The van der Waals surface area contributed by atoms with E-state index in [4.69, 9.17) is 5.26 Å². The van der Waals surface area contributed by atoms with E-state index in [9.17, 15) is 4.79 Å². The molecule has 1 aliphatic heterocycles. The van der Waals surface area contributed by atoms with Crippen molar-refractivity contribution < 1.29 is 4.79 Å². The third-order valence-corrected chi connectivity index (χ3v) is 2.91. The summed E-state index contributed by atoms with van der Waals surface area (Å²) in [5.74, 6) is 0.561. The molecule has 0 aromatic heterocycles. The largest absolute Gasteiger partial charge is 0.340 e. The van der Waals surface area contributed by atoms with E-state index < -0.39 is 0 Å². The maximum absolute atomic E-state index is 11.4. The predicted octanol–water partition coefficient (Wildman–Crippen LogP) is 1.38. The third-order valence-electron chi connectivity index (χ3n) is 2.91. The first-order chi connectivity index (χ1) is 7.69. The average molecular weight is 225 g/mol. The molecule has 1 amide bonds. The maximum atomic E-state index is 11.4. The molecule has 0 radical (unpaired) electrons. The Labute approximate surface area is 98.6 Å². The number of hydrogen-bond donors (Lipinski definition) is 1. The molecule has 1 saturated heterocycles. The molecule has 2 atom stereocenters. The van der Waals surface area contributed by atoms with Crippen LogP contribution in [0.1, 0.15) is 33.6 Å². The normalized spacial score (nSPS) is 24.1. The molecule has 2 unspecified atom stereocenters. The zero-order chi connectivity index (χ0) is 12.6. The zero-order valence-corrected chi connectivity index (χ0v) is 10.8. The van der Waals surface area contributed by atoms with Crippen molar-refractivity contribution in [1.29, 1.82) is 5.26 Å². The fourth-order valence-electron chi connectivity index (χ4n) is 1.85. The Morgan fingerprint density at radius 1 is 1.56 bits per heavy atom. The minimum Gasteiger partial charge on any atom is -0.340 e. The average Bonchev–Trinajstić information content (AvgIpc) is 2.32. The van der Waals surface area contributed by atoms with Gasteiger partial charge < -0.3 is 10.2 Å². The number of likely N-dealkylation sites (tertiary alicyclic amines) is 1. The van der Waals surface area contributed by atoms with Crippen molar-refractivity contribution in [3.63, 3.8) is 0 Å². The summed E-state index contributed by atoms with van der Waals surface area (Å²) in [6, 6.07) is 2.26. The zero-order valence-electron chi connectivity index (χ0n) is 10.8. The van der Waals surface area contributed by atoms with Gasteiger partial charge in [0, 0.05) is 19.1 Å². The van der Waals surface area contributed by atoms with Crippen LogP contribution in [-0.4, -0.2) is 37.0 Å². The van der Waals surface area contributed by atoms with Crippen LogP contribution < -0.4 is 5.32 Å². The molecule has 1 N–H and O–H groups in total. The minimum atomic E-state index is -0.0420. The number of hydrogen-bond acceptors (Lipinski definition) is 3. The highest BCUT2D eigenvalue weighted by molar-refractivity contribution is 5.78. The van der Waals surface area contributed by atoms with E-state index in [1.165, 1.54) is 0 Å². The van der Waals surface area contributed by atoms with Crippen LogP contribution in [0, 0.1) is 17.2 Å². The van der Waals surface area contributed by atoms with Crippen LogP contribution in [0.15, 0.2) is 0 Å². The number of nitrogens with zero attached hydrogens (tertiary/aromatic N) is 2. The molecular formula is C12H23N3O. The van der Waals surface area contributed by atoms with E-state index in [0.717, 1.165) is 19.5 Å². The number of rotatable bonds is 2. The molecule has 0 bridgehead atoms. The predicted molar refractivity (Wildman–Crippen MR) is 64.8 cm³/mol. The van der Waals surface area contributed by atoms with Crippen LogP contribution in [0.4, 0.5) is 0 Å². The summed E-state index contributed by atoms with van der Waals surface area (Å²) in [7, 11) is 1.92. The lowest BCUT2D eigenvalue weighted by molar-refractivity contribution is -0.132. The SMILES string of the molecule is CC.CNC1CN(C(=O)CC#N)CCC1C. The van der Waals surface area contributed by atoms with Crippen molar-refractivity contribution in [1.82, 2.24) is 10.2 Å². The van der Waals surface area contributed by atoms with Crippen molar-refractivity contribution in [2.24, 2.45) is 5.92 Å². The monoisotopic (exact) mass is 225 g/mol. The summed E-state index contributed by atoms with van der Waals surface area (Å²) < 4.78 is 0. The second kappa shape index (κ2) is 8.12. The van der Waals surface area contributed by atoms with E-state index in [1.54, 1.807) is 4.90 Å². The van der Waals surface area contributed by atoms with Gasteiger partial charge in [0.1, 0.15) is 6.42 Å². The van der Waals surface area contributed by atoms with Gasteiger partial charge in [0.15, 0.2) is 0 Å². The summed E-state index contributed by atoms with van der Waals surface area (Å²) in [5.41, 5.74) is 0. The van der Waals surface area contributed by atoms with Crippen LogP contribution in [0.25, 0.3) is 0 Å². The van der Waals surface area contributed by atoms with Gasteiger partial charge in [0.05, 0.1) is 6.07 Å². The van der Waals surface area contributed by atoms with Gasteiger partial charge in [-0.25, -0.2) is 0 Å². The second-order valence-electron chi connectivity index (χ2n) is 3.84. The van der Waals surface area contributed by atoms with Crippen molar-refractivity contribution in [2.45, 2.75) is 39.7 Å². The molecule has 4 nitrogen and oxygen atoms in total. The molecule has 0 aromatic rings. The summed E-state index contributed by atoms with van der Waals surface area (Å²) in [6.07, 6.45) is 1.02. The summed E-state index contributed by atoms with van der Waals surface area (Å²) >= 11 is 0. The molecule has 1 heterocycles. The Morgan fingerprint density at radius 2 is 2.19 bits per heavy atom. The Morgan fingerprint density at radius 3 is 2.69 bits per heavy atom. The molecule has 0 aliphatic carbocycles. The molecule has 4 heteroatoms. The van der Waals surface area contributed by atoms with Gasteiger partial charge in [-0.1, -0.05) is 20.8 Å². The first-order valence-electron chi connectivity index (χ1n) is 6.01. The first kappa shape index (κ1) is 14.9. The van der Waals surface area contributed by atoms with Crippen molar-refractivity contribution in [3.05, 3.63) is 0 Å². The summed E-state index contributed by atoms with van der Waals surface area (Å²) in [5, 5.41) is 11.6. The molecule has 92 valence electrons. The summed E-state index contributed by atoms with van der Waals surface area (Å²) in [6.45, 7) is 7.71. The molecule has 1 fully saturated rings. The van der Waals surface area contributed by atoms with Gasteiger partial charge in [-0.3, -0.25) is 4.79 Å². The van der Waals surface area contributed by atoms with Gasteiger partial charge in [-0.05, 0) is 19.4 Å². The van der Waals surface area contributed by atoms with Crippen molar-refractivity contribution >= 4 is 5.91 Å². The molecule has 0 spiro atoms. The maximum Gasteiger partial charge on any atom is 0.236 e. The fourth-order valence-corrected chi connectivity index (χ4v) is 1.85. The van der Waals surface area contributed by atoms with E-state index in [-0.39, 0.29) is 12.3 Å². The van der Waals surface area contributed by atoms with Crippen molar-refractivity contribution in [2.75, 3.05) is 20.1 Å². The molecule has 16 heavy (non-hydrogen) atoms. The van der Waals surface area contributed by atoms with Crippen LogP contribution in [-0.2, 0) is 4.79 Å². The number of likely N-dealkylation sites (N-methyl/N-ethyl adjacent to an activating group) is 1. The van der Waals surface area contributed by atoms with E-state index in [0.29, 0.717) is 12.0 Å². The van der Waals surface area contributed by atoms with Gasteiger partial charge in [0.25, 0.3) is 0 Å². The highest BCUT2D eigenvalue weighted by Gasteiger charge is 2.27. The Bertz CT molecular complexity index is 247. The number of nitrogens with one attached hydrogen (secondary N) is 1. The Kier molecular flexibility index (Phi) is 7.57. The van der Waals surface area contributed by atoms with Crippen LogP contribution in [0.2, 0.25) is 0 Å². The fraction of sp³-hybridized carbons (Fsp3) is 0.833. The van der Waals surface area contributed by atoms with Gasteiger partial charge in [-0.2, -0.15) is 5.26 Å². The topological polar surface area (TPSA) is 56.1 Å². The molecule has 0 aromatic carbocycles. The molecule has 1 aliphatic rings. The van der Waals surface area contributed by atoms with Gasteiger partial charge >= 0.3 is 0 Å². The highest BCUT2D eigenvalue weighted by atomic mass is 16.2. The van der Waals surface area contributed by atoms with Crippen LogP contribution in [0.3, 0.4) is 0 Å². The first-order valence-corrected chi connectivity index (χ1v) is 6.01. The number of carbonyl (C=O) groups excluding carboxylic acids is 1. The number of nitriles is 1. The number of piperidine rings is 1. The van der Waals surface area contributed by atoms with E-state index >= 15 is 0 Å². The third kappa shape index (κ3) is 4.19. The van der Waals surface area contributed by atoms with Gasteiger partial charge in [-0.15, -0.1) is 0 Å². The quantitative estimate of drug-likeness (QED) is 0.772. The molecule has 0 saturated carbocycles. The number of carbonyl (C=O) groups is 1. The smallest absolute Gasteiger partial charge is 0.236 e. The van der Waals surface area contributed by atoms with Crippen molar-refractivity contribution in [3.8, 4) is 6.07 Å². The number of amides is 1. The lowest BCUT2D eigenvalue weighted by Crippen LogP contribution is -2.50. The summed E-state index contributed by atoms with van der Waals surface area (Å²) in [4.78, 5) is 13.2. The van der Waals surface area contributed by atoms with E-state index in [1.807, 2.05) is 27.0 Å². The second-order valence-corrected chi connectivity index (χ2v) is 3.84. The van der Waals surface area contributed by atoms with Crippen LogP contribution >= 0.6 is 0 Å². The minimum absolute atomic E-state index is 0.00478.